The molecule has 3 nitrogen and oxygen atoms in total. The van der Waals surface area contributed by atoms with E-state index in [1.165, 1.54) is 0 Å². The molecule has 0 aromatic carbocycles. The standard InChI is InChI=1S/C10H21NO2/c1-10(2,13)8-11-5-3-9(7-11)4-6-12/h9,12-13H,3-8H2,1-2H3. The van der Waals surface area contributed by atoms with Gasteiger partial charge in [-0.3, -0.25) is 0 Å². The summed E-state index contributed by atoms with van der Waals surface area (Å²) in [5, 5.41) is 18.4. The van der Waals surface area contributed by atoms with Gasteiger partial charge in [-0.25, -0.2) is 0 Å². The molecule has 1 saturated heterocycles. The Morgan fingerprint density at radius 1 is 1.46 bits per heavy atom. The number of hydrogen-bond donors (Lipinski definition) is 2. The van der Waals surface area contributed by atoms with Crippen LogP contribution >= 0.6 is 0 Å². The molecule has 3 heteroatoms. The summed E-state index contributed by atoms with van der Waals surface area (Å²) in [6.07, 6.45) is 2.07. The van der Waals surface area contributed by atoms with Crippen LogP contribution in [-0.4, -0.2) is 47.0 Å². The van der Waals surface area contributed by atoms with Crippen LogP contribution in [0.15, 0.2) is 0 Å². The quantitative estimate of drug-likeness (QED) is 0.672. The molecule has 1 unspecified atom stereocenters. The normalized spacial score (nSPS) is 25.4. The van der Waals surface area contributed by atoms with Crippen LogP contribution in [0.25, 0.3) is 0 Å². The van der Waals surface area contributed by atoms with Gasteiger partial charge in [-0.1, -0.05) is 0 Å². The topological polar surface area (TPSA) is 43.7 Å². The van der Waals surface area contributed by atoms with Crippen LogP contribution in [-0.2, 0) is 0 Å². The molecule has 0 aliphatic carbocycles. The summed E-state index contributed by atoms with van der Waals surface area (Å²) in [7, 11) is 0. The zero-order valence-electron chi connectivity index (χ0n) is 8.66. The molecule has 0 bridgehead atoms. The number of aliphatic hydroxyl groups excluding tert-OH is 1. The van der Waals surface area contributed by atoms with E-state index in [1.807, 2.05) is 13.8 Å². The summed E-state index contributed by atoms with van der Waals surface area (Å²) in [6.45, 7) is 6.81. The van der Waals surface area contributed by atoms with Crippen molar-refractivity contribution in [3.05, 3.63) is 0 Å². The summed E-state index contributed by atoms with van der Waals surface area (Å²) in [4.78, 5) is 2.28. The molecule has 13 heavy (non-hydrogen) atoms. The van der Waals surface area contributed by atoms with E-state index in [0.717, 1.165) is 32.5 Å². The van der Waals surface area contributed by atoms with Crippen LogP contribution in [0.4, 0.5) is 0 Å². The first-order chi connectivity index (χ1) is 6.01. The zero-order chi connectivity index (χ0) is 9.90. The van der Waals surface area contributed by atoms with E-state index < -0.39 is 5.60 Å². The highest BCUT2D eigenvalue weighted by molar-refractivity contribution is 4.80. The molecular weight excluding hydrogens is 166 g/mol. The maximum absolute atomic E-state index is 9.60. The fourth-order valence-corrected chi connectivity index (χ4v) is 2.02. The number of rotatable bonds is 4. The number of hydrogen-bond acceptors (Lipinski definition) is 3. The second kappa shape index (κ2) is 4.40. The van der Waals surface area contributed by atoms with E-state index in [2.05, 4.69) is 4.90 Å². The fourth-order valence-electron chi connectivity index (χ4n) is 2.02. The van der Waals surface area contributed by atoms with Crippen LogP contribution in [0.1, 0.15) is 26.7 Å². The second-order valence-corrected chi connectivity index (χ2v) is 4.71. The van der Waals surface area contributed by atoms with Crippen molar-refractivity contribution in [3.8, 4) is 0 Å². The van der Waals surface area contributed by atoms with E-state index >= 15 is 0 Å². The molecule has 1 fully saturated rings. The summed E-state index contributed by atoms with van der Waals surface area (Å²) in [5.74, 6) is 0.632. The van der Waals surface area contributed by atoms with Crippen LogP contribution in [0.5, 0.6) is 0 Å². The van der Waals surface area contributed by atoms with Crippen molar-refractivity contribution in [1.29, 1.82) is 0 Å². The number of nitrogens with zero attached hydrogens (tertiary/aromatic N) is 1. The average Bonchev–Trinajstić information content (AvgIpc) is 2.33. The van der Waals surface area contributed by atoms with Crippen molar-refractivity contribution in [3.63, 3.8) is 0 Å². The summed E-state index contributed by atoms with van der Waals surface area (Å²) < 4.78 is 0. The molecule has 0 aromatic rings. The highest BCUT2D eigenvalue weighted by atomic mass is 16.3. The lowest BCUT2D eigenvalue weighted by atomic mass is 10.1. The maximum Gasteiger partial charge on any atom is 0.0718 e. The highest BCUT2D eigenvalue weighted by Crippen LogP contribution is 2.20. The molecule has 0 aromatic heterocycles. The van der Waals surface area contributed by atoms with E-state index in [1.54, 1.807) is 0 Å². The van der Waals surface area contributed by atoms with Gasteiger partial charge in [0.25, 0.3) is 0 Å². The molecule has 0 radical (unpaired) electrons. The molecule has 1 heterocycles. The molecule has 1 rings (SSSR count). The first-order valence-electron chi connectivity index (χ1n) is 5.07. The van der Waals surface area contributed by atoms with Gasteiger partial charge in [-0.2, -0.15) is 0 Å². The Hall–Kier alpha value is -0.120. The first-order valence-corrected chi connectivity index (χ1v) is 5.07. The zero-order valence-corrected chi connectivity index (χ0v) is 8.66. The van der Waals surface area contributed by atoms with Gasteiger partial charge in [-0.05, 0) is 39.2 Å². The van der Waals surface area contributed by atoms with Crippen LogP contribution in [0.2, 0.25) is 0 Å². The Kier molecular flexibility index (Phi) is 3.71. The average molecular weight is 187 g/mol. The lowest BCUT2D eigenvalue weighted by Crippen LogP contribution is -2.37. The predicted molar refractivity (Wildman–Crippen MR) is 52.5 cm³/mol. The molecular formula is C10H21NO2. The molecule has 1 aliphatic rings. The predicted octanol–water partition coefficient (Wildman–Crippen LogP) is 0.462. The number of likely N-dealkylation sites (tertiary alicyclic amines) is 1. The Morgan fingerprint density at radius 2 is 2.15 bits per heavy atom. The third-order valence-corrected chi connectivity index (χ3v) is 2.52. The fraction of sp³-hybridized carbons (Fsp3) is 1.00. The second-order valence-electron chi connectivity index (χ2n) is 4.71. The van der Waals surface area contributed by atoms with Crippen molar-refractivity contribution in [2.45, 2.75) is 32.3 Å². The van der Waals surface area contributed by atoms with Gasteiger partial charge in [0.05, 0.1) is 5.60 Å². The Balaban J connectivity index is 2.25. The monoisotopic (exact) mass is 187 g/mol. The minimum atomic E-state index is -0.589. The molecule has 1 aliphatic heterocycles. The number of β-amino-alcohol motifs (C(OH)–C–C–N with tert-alkyl or cyclic N) is 1. The third-order valence-electron chi connectivity index (χ3n) is 2.52. The van der Waals surface area contributed by atoms with Crippen molar-refractivity contribution < 1.29 is 10.2 Å². The van der Waals surface area contributed by atoms with Crippen LogP contribution < -0.4 is 0 Å². The SMILES string of the molecule is CC(C)(O)CN1CCC(CCO)C1. The van der Waals surface area contributed by atoms with Crippen LogP contribution in [0.3, 0.4) is 0 Å². The maximum atomic E-state index is 9.60. The van der Waals surface area contributed by atoms with Gasteiger partial charge in [0.15, 0.2) is 0 Å². The van der Waals surface area contributed by atoms with Crippen molar-refractivity contribution in [2.75, 3.05) is 26.2 Å². The first kappa shape index (κ1) is 11.0. The molecule has 78 valence electrons. The Morgan fingerprint density at radius 3 is 2.69 bits per heavy atom. The van der Waals surface area contributed by atoms with Gasteiger partial charge < -0.3 is 15.1 Å². The summed E-state index contributed by atoms with van der Waals surface area (Å²) in [5.41, 5.74) is -0.589. The number of aliphatic hydroxyl groups is 2. The minimum Gasteiger partial charge on any atom is -0.396 e. The van der Waals surface area contributed by atoms with Crippen molar-refractivity contribution in [2.24, 2.45) is 5.92 Å². The molecule has 0 saturated carbocycles. The minimum absolute atomic E-state index is 0.293. The Bertz CT molecular complexity index is 153. The van der Waals surface area contributed by atoms with Gasteiger partial charge in [-0.15, -0.1) is 0 Å². The third kappa shape index (κ3) is 4.07. The van der Waals surface area contributed by atoms with Crippen molar-refractivity contribution >= 4 is 0 Å². The molecule has 1 atom stereocenters. The summed E-state index contributed by atoms with van der Waals surface area (Å²) >= 11 is 0. The van der Waals surface area contributed by atoms with Gasteiger partial charge >= 0.3 is 0 Å². The lowest BCUT2D eigenvalue weighted by molar-refractivity contribution is 0.0425. The Labute approximate surface area is 80.4 Å². The highest BCUT2D eigenvalue weighted by Gasteiger charge is 2.26. The largest absolute Gasteiger partial charge is 0.396 e. The molecule has 2 N–H and O–H groups in total. The molecule has 0 amide bonds. The summed E-state index contributed by atoms with van der Waals surface area (Å²) in [6, 6.07) is 0. The van der Waals surface area contributed by atoms with Crippen LogP contribution in [0, 0.1) is 5.92 Å². The van der Waals surface area contributed by atoms with Gasteiger partial charge in [0.2, 0.25) is 0 Å². The smallest absolute Gasteiger partial charge is 0.0718 e. The van der Waals surface area contributed by atoms with E-state index in [0.29, 0.717) is 12.5 Å². The lowest BCUT2D eigenvalue weighted by Gasteiger charge is -2.25. The van der Waals surface area contributed by atoms with E-state index in [-0.39, 0.29) is 0 Å². The van der Waals surface area contributed by atoms with E-state index in [4.69, 9.17) is 5.11 Å². The molecule has 0 spiro atoms. The van der Waals surface area contributed by atoms with Crippen molar-refractivity contribution in [1.82, 2.24) is 4.90 Å². The van der Waals surface area contributed by atoms with E-state index in [9.17, 15) is 5.11 Å². The van der Waals surface area contributed by atoms with Gasteiger partial charge in [0.1, 0.15) is 0 Å². The van der Waals surface area contributed by atoms with Gasteiger partial charge in [0, 0.05) is 19.7 Å².